The quantitative estimate of drug-likeness (QED) is 0.786. The monoisotopic (exact) mass is 219 g/mol. The summed E-state index contributed by atoms with van der Waals surface area (Å²) in [6, 6.07) is 5.99. The Morgan fingerprint density at radius 2 is 2.19 bits per heavy atom. The van der Waals surface area contributed by atoms with Gasteiger partial charge in [0.1, 0.15) is 17.3 Å². The smallest absolute Gasteiger partial charge is 0.105 e. The van der Waals surface area contributed by atoms with Gasteiger partial charge in [0.15, 0.2) is 0 Å². The van der Waals surface area contributed by atoms with Crippen LogP contribution in [0.3, 0.4) is 0 Å². The molecule has 3 nitrogen and oxygen atoms in total. The lowest BCUT2D eigenvalue weighted by Gasteiger charge is -2.01. The van der Waals surface area contributed by atoms with Crippen molar-refractivity contribution < 1.29 is 8.83 Å². The molecular weight excluding hydrogens is 202 g/mol. The third-order valence-corrected chi connectivity index (χ3v) is 2.59. The molecule has 0 saturated carbocycles. The zero-order valence-corrected chi connectivity index (χ0v) is 9.75. The van der Waals surface area contributed by atoms with Crippen LogP contribution in [0.1, 0.15) is 22.8 Å². The molecule has 0 atom stereocenters. The van der Waals surface area contributed by atoms with E-state index in [4.69, 9.17) is 8.83 Å². The summed E-state index contributed by atoms with van der Waals surface area (Å²) in [4.78, 5) is 0. The molecule has 0 aliphatic rings. The average Bonchev–Trinajstić information content (AvgIpc) is 2.84. The molecule has 0 unspecified atom stereocenters. The highest BCUT2D eigenvalue weighted by Gasteiger charge is 2.03. The molecule has 0 radical (unpaired) electrons. The van der Waals surface area contributed by atoms with Crippen molar-refractivity contribution in [3.63, 3.8) is 0 Å². The van der Waals surface area contributed by atoms with Crippen LogP contribution in [0, 0.1) is 13.8 Å². The van der Waals surface area contributed by atoms with E-state index in [2.05, 4.69) is 11.4 Å². The van der Waals surface area contributed by atoms with Gasteiger partial charge in [0.2, 0.25) is 0 Å². The fourth-order valence-electron chi connectivity index (χ4n) is 1.75. The summed E-state index contributed by atoms with van der Waals surface area (Å²) in [7, 11) is 0. The maximum Gasteiger partial charge on any atom is 0.105 e. The predicted molar refractivity (Wildman–Crippen MR) is 62.3 cm³/mol. The average molecular weight is 219 g/mol. The Morgan fingerprint density at radius 1 is 1.31 bits per heavy atom. The van der Waals surface area contributed by atoms with Crippen LogP contribution in [0.5, 0.6) is 0 Å². The van der Waals surface area contributed by atoms with Crippen LogP contribution in [0.25, 0.3) is 0 Å². The van der Waals surface area contributed by atoms with E-state index >= 15 is 0 Å². The molecule has 2 aromatic heterocycles. The van der Waals surface area contributed by atoms with Gasteiger partial charge >= 0.3 is 0 Å². The van der Waals surface area contributed by atoms with Crippen molar-refractivity contribution in [3.8, 4) is 0 Å². The molecule has 3 heteroatoms. The Kier molecular flexibility index (Phi) is 3.47. The van der Waals surface area contributed by atoms with Crippen molar-refractivity contribution in [2.45, 2.75) is 26.8 Å². The second-order valence-corrected chi connectivity index (χ2v) is 3.94. The molecule has 0 saturated heterocycles. The van der Waals surface area contributed by atoms with Crippen molar-refractivity contribution in [2.75, 3.05) is 6.54 Å². The molecule has 0 aliphatic heterocycles. The minimum atomic E-state index is 0.851. The van der Waals surface area contributed by atoms with E-state index in [1.165, 1.54) is 5.56 Å². The first kappa shape index (κ1) is 11.0. The Labute approximate surface area is 95.5 Å². The maximum absolute atomic E-state index is 5.46. The van der Waals surface area contributed by atoms with E-state index < -0.39 is 0 Å². The maximum atomic E-state index is 5.46. The first-order valence-electron chi connectivity index (χ1n) is 5.54. The van der Waals surface area contributed by atoms with Gasteiger partial charge in [0.05, 0.1) is 6.26 Å². The largest absolute Gasteiger partial charge is 0.469 e. The van der Waals surface area contributed by atoms with Crippen molar-refractivity contribution in [3.05, 3.63) is 47.3 Å². The van der Waals surface area contributed by atoms with Crippen LogP contribution in [-0.2, 0) is 13.0 Å². The summed E-state index contributed by atoms with van der Waals surface area (Å²) in [5, 5.41) is 3.37. The highest BCUT2D eigenvalue weighted by atomic mass is 16.3. The second kappa shape index (κ2) is 5.03. The molecule has 0 bridgehead atoms. The van der Waals surface area contributed by atoms with E-state index in [9.17, 15) is 0 Å². The number of furan rings is 2. The first-order valence-corrected chi connectivity index (χ1v) is 5.54. The van der Waals surface area contributed by atoms with Gasteiger partial charge in [-0.1, -0.05) is 0 Å². The topological polar surface area (TPSA) is 38.3 Å². The summed E-state index contributed by atoms with van der Waals surface area (Å²) in [6.07, 6.45) is 2.63. The molecular formula is C13H17NO2. The van der Waals surface area contributed by atoms with Crippen molar-refractivity contribution in [1.82, 2.24) is 5.32 Å². The third kappa shape index (κ3) is 2.76. The lowest BCUT2D eigenvalue weighted by molar-refractivity contribution is 0.492. The number of rotatable bonds is 5. The fourth-order valence-corrected chi connectivity index (χ4v) is 1.75. The minimum Gasteiger partial charge on any atom is -0.469 e. The van der Waals surface area contributed by atoms with Crippen LogP contribution in [0.2, 0.25) is 0 Å². The summed E-state index contributed by atoms with van der Waals surface area (Å²) < 4.78 is 10.7. The number of aryl methyl sites for hydroxylation is 2. The van der Waals surface area contributed by atoms with E-state index in [1.54, 1.807) is 6.26 Å². The summed E-state index contributed by atoms with van der Waals surface area (Å²) in [5.41, 5.74) is 1.23. The van der Waals surface area contributed by atoms with Gasteiger partial charge in [0.25, 0.3) is 0 Å². The Bertz CT molecular complexity index is 429. The normalized spacial score (nSPS) is 10.9. The summed E-state index contributed by atoms with van der Waals surface area (Å²) in [5.74, 6) is 3.00. The molecule has 1 N–H and O–H groups in total. The van der Waals surface area contributed by atoms with Crippen molar-refractivity contribution in [1.29, 1.82) is 0 Å². The molecule has 0 fully saturated rings. The van der Waals surface area contributed by atoms with E-state index in [1.807, 2.05) is 26.0 Å². The molecule has 16 heavy (non-hydrogen) atoms. The standard InChI is InChI=1S/C13H17NO2/c1-10-8-12(11(2)16-10)9-14-6-5-13-4-3-7-15-13/h3-4,7-8,14H,5-6,9H2,1-2H3. The van der Waals surface area contributed by atoms with Gasteiger partial charge in [-0.2, -0.15) is 0 Å². The van der Waals surface area contributed by atoms with E-state index in [0.29, 0.717) is 0 Å². The molecule has 0 spiro atoms. The summed E-state index contributed by atoms with van der Waals surface area (Å²) >= 11 is 0. The minimum absolute atomic E-state index is 0.851. The van der Waals surface area contributed by atoms with Gasteiger partial charge in [-0.25, -0.2) is 0 Å². The van der Waals surface area contributed by atoms with Crippen molar-refractivity contribution in [2.24, 2.45) is 0 Å². The lowest BCUT2D eigenvalue weighted by Crippen LogP contribution is -2.16. The molecule has 0 aromatic carbocycles. The molecule has 0 aliphatic carbocycles. The van der Waals surface area contributed by atoms with Gasteiger partial charge in [0, 0.05) is 25.1 Å². The Balaban J connectivity index is 1.74. The third-order valence-electron chi connectivity index (χ3n) is 2.59. The van der Waals surface area contributed by atoms with E-state index in [-0.39, 0.29) is 0 Å². The zero-order valence-electron chi connectivity index (χ0n) is 9.75. The van der Waals surface area contributed by atoms with Crippen LogP contribution in [0.4, 0.5) is 0 Å². The van der Waals surface area contributed by atoms with Crippen LogP contribution in [0.15, 0.2) is 33.3 Å². The van der Waals surface area contributed by atoms with Gasteiger partial charge in [-0.3, -0.25) is 0 Å². The molecule has 0 amide bonds. The van der Waals surface area contributed by atoms with Gasteiger partial charge in [-0.05, 0) is 32.0 Å². The number of hydrogen-bond acceptors (Lipinski definition) is 3. The molecule has 2 rings (SSSR count). The Hall–Kier alpha value is -1.48. The number of nitrogens with one attached hydrogen (secondary N) is 1. The highest BCUT2D eigenvalue weighted by Crippen LogP contribution is 2.13. The summed E-state index contributed by atoms with van der Waals surface area (Å²) in [6.45, 7) is 5.73. The lowest BCUT2D eigenvalue weighted by atomic mass is 10.2. The van der Waals surface area contributed by atoms with Crippen LogP contribution >= 0.6 is 0 Å². The van der Waals surface area contributed by atoms with Crippen LogP contribution < -0.4 is 5.32 Å². The zero-order chi connectivity index (χ0) is 11.4. The Morgan fingerprint density at radius 3 is 2.81 bits per heavy atom. The first-order chi connectivity index (χ1) is 7.75. The second-order valence-electron chi connectivity index (χ2n) is 3.94. The fraction of sp³-hybridized carbons (Fsp3) is 0.385. The SMILES string of the molecule is Cc1cc(CNCCc2ccco2)c(C)o1. The molecule has 2 heterocycles. The molecule has 2 aromatic rings. The highest BCUT2D eigenvalue weighted by molar-refractivity contribution is 5.19. The van der Waals surface area contributed by atoms with Crippen LogP contribution in [-0.4, -0.2) is 6.54 Å². The van der Waals surface area contributed by atoms with Gasteiger partial charge < -0.3 is 14.2 Å². The predicted octanol–water partition coefficient (Wildman–Crippen LogP) is 2.82. The van der Waals surface area contributed by atoms with Gasteiger partial charge in [-0.15, -0.1) is 0 Å². The van der Waals surface area contributed by atoms with E-state index in [0.717, 1.165) is 36.8 Å². The number of hydrogen-bond donors (Lipinski definition) is 1. The van der Waals surface area contributed by atoms with Crippen molar-refractivity contribution >= 4 is 0 Å². The molecule has 86 valence electrons.